The van der Waals surface area contributed by atoms with Crippen LogP contribution in [0.1, 0.15) is 28.9 Å². The van der Waals surface area contributed by atoms with Crippen LogP contribution in [0.4, 0.5) is 0 Å². The van der Waals surface area contributed by atoms with Crippen LogP contribution in [0, 0.1) is 0 Å². The Morgan fingerprint density at radius 2 is 2.00 bits per heavy atom. The predicted molar refractivity (Wildman–Crippen MR) is 66.8 cm³/mol. The van der Waals surface area contributed by atoms with E-state index in [1.54, 1.807) is 6.92 Å². The molecule has 0 aliphatic heterocycles. The molecule has 0 aliphatic rings. The molecule has 0 fully saturated rings. The van der Waals surface area contributed by atoms with Crippen molar-refractivity contribution in [2.24, 2.45) is 0 Å². The highest BCUT2D eigenvalue weighted by Crippen LogP contribution is 2.28. The molecule has 0 bridgehead atoms. The average Bonchev–Trinajstić information content (AvgIpc) is 2.27. The quantitative estimate of drug-likeness (QED) is 0.660. The van der Waals surface area contributed by atoms with Crippen LogP contribution in [0.5, 0.6) is 0 Å². The highest BCUT2D eigenvalue weighted by Gasteiger charge is 2.23. The summed E-state index contributed by atoms with van der Waals surface area (Å²) in [7, 11) is 0. The van der Waals surface area contributed by atoms with Crippen LogP contribution >= 0.6 is 27.5 Å². The lowest BCUT2D eigenvalue weighted by Gasteiger charge is -2.12. The van der Waals surface area contributed by atoms with E-state index in [0.717, 1.165) is 0 Å². The number of carbonyl (C=O) groups excluding carboxylic acids is 1. The number of aliphatic carboxylic acids is 1. The summed E-state index contributed by atoms with van der Waals surface area (Å²) in [5.41, 5.74) is 0.201. The van der Waals surface area contributed by atoms with E-state index in [0.29, 0.717) is 0 Å². The normalized spacial score (nSPS) is 14.1. The molecule has 92 valence electrons. The van der Waals surface area contributed by atoms with Crippen LogP contribution in [-0.2, 0) is 4.79 Å². The molecule has 0 aromatic heterocycles. The van der Waals surface area contributed by atoms with Crippen molar-refractivity contribution in [2.45, 2.75) is 17.9 Å². The van der Waals surface area contributed by atoms with Crippen LogP contribution in [0.2, 0.25) is 5.02 Å². The molecular weight excluding hydrogens is 311 g/mol. The van der Waals surface area contributed by atoms with Gasteiger partial charge in [0.05, 0.1) is 9.85 Å². The van der Waals surface area contributed by atoms with Gasteiger partial charge < -0.3 is 10.2 Å². The highest BCUT2D eigenvalue weighted by atomic mass is 79.9. The molecule has 1 rings (SSSR count). The van der Waals surface area contributed by atoms with E-state index in [1.165, 1.54) is 18.2 Å². The molecule has 2 unspecified atom stereocenters. The summed E-state index contributed by atoms with van der Waals surface area (Å²) >= 11 is 9.04. The molecule has 0 amide bonds. The van der Waals surface area contributed by atoms with Crippen molar-refractivity contribution in [3.63, 3.8) is 0 Å². The number of Topliss-reactive ketones (excluding diaryl/α,β-unsaturated/α-hetero) is 1. The predicted octanol–water partition coefficient (Wildman–Crippen LogP) is 2.42. The maximum atomic E-state index is 11.7. The first kappa shape index (κ1) is 14.2. The third-order valence-corrected chi connectivity index (χ3v) is 3.02. The standard InChI is InChI=1S/C11H10BrClO4/c1-5(12)9(14)6-3-2-4-7(8(6)13)10(15)11(16)17/h2-5,10,15H,1H3,(H,16,17). The van der Waals surface area contributed by atoms with Crippen LogP contribution < -0.4 is 0 Å². The first-order valence-corrected chi connectivity index (χ1v) is 6.03. The molecule has 2 atom stereocenters. The van der Waals surface area contributed by atoms with Gasteiger partial charge in [-0.05, 0) is 13.0 Å². The van der Waals surface area contributed by atoms with Crippen LogP contribution in [-0.4, -0.2) is 26.8 Å². The SMILES string of the molecule is CC(Br)C(=O)c1cccc(C(O)C(=O)O)c1Cl. The number of ketones is 1. The summed E-state index contributed by atoms with van der Waals surface area (Å²) in [6, 6.07) is 4.34. The van der Waals surface area contributed by atoms with Gasteiger partial charge in [-0.15, -0.1) is 0 Å². The number of carbonyl (C=O) groups is 2. The molecule has 0 heterocycles. The fourth-order valence-electron chi connectivity index (χ4n) is 1.30. The zero-order valence-electron chi connectivity index (χ0n) is 8.85. The second kappa shape index (κ2) is 5.62. The minimum absolute atomic E-state index is 0.0122. The van der Waals surface area contributed by atoms with Crippen LogP contribution in [0.25, 0.3) is 0 Å². The summed E-state index contributed by atoms with van der Waals surface area (Å²) in [6.07, 6.45) is -1.74. The second-order valence-corrected chi connectivity index (χ2v) is 5.18. The van der Waals surface area contributed by atoms with Gasteiger partial charge in [-0.1, -0.05) is 39.7 Å². The Hall–Kier alpha value is -0.910. The Labute approximate surface area is 111 Å². The van der Waals surface area contributed by atoms with E-state index in [4.69, 9.17) is 16.7 Å². The fourth-order valence-corrected chi connectivity index (χ4v) is 1.87. The third-order valence-electron chi connectivity index (χ3n) is 2.18. The highest BCUT2D eigenvalue weighted by molar-refractivity contribution is 9.10. The molecule has 0 saturated carbocycles. The van der Waals surface area contributed by atoms with E-state index in [9.17, 15) is 14.7 Å². The van der Waals surface area contributed by atoms with E-state index in [-0.39, 0.29) is 21.9 Å². The first-order chi connectivity index (χ1) is 7.86. The second-order valence-electron chi connectivity index (χ2n) is 3.43. The molecule has 0 saturated heterocycles. The van der Waals surface area contributed by atoms with E-state index >= 15 is 0 Å². The number of benzene rings is 1. The molecule has 6 heteroatoms. The number of halogens is 2. The van der Waals surface area contributed by atoms with Gasteiger partial charge in [-0.25, -0.2) is 4.79 Å². The number of alkyl halides is 1. The van der Waals surface area contributed by atoms with Gasteiger partial charge in [0, 0.05) is 11.1 Å². The van der Waals surface area contributed by atoms with Gasteiger partial charge in [-0.2, -0.15) is 0 Å². The minimum Gasteiger partial charge on any atom is -0.479 e. The van der Waals surface area contributed by atoms with Gasteiger partial charge in [0.2, 0.25) is 0 Å². The minimum atomic E-state index is -1.74. The fraction of sp³-hybridized carbons (Fsp3) is 0.273. The number of aliphatic hydroxyl groups is 1. The van der Waals surface area contributed by atoms with Gasteiger partial charge in [-0.3, -0.25) is 4.79 Å². The van der Waals surface area contributed by atoms with Gasteiger partial charge in [0.25, 0.3) is 0 Å². The maximum absolute atomic E-state index is 11.7. The van der Waals surface area contributed by atoms with E-state index in [1.807, 2.05) is 0 Å². The maximum Gasteiger partial charge on any atom is 0.337 e. The van der Waals surface area contributed by atoms with Crippen molar-refractivity contribution in [3.8, 4) is 0 Å². The van der Waals surface area contributed by atoms with Gasteiger partial charge in [0.15, 0.2) is 11.9 Å². The smallest absolute Gasteiger partial charge is 0.337 e. The van der Waals surface area contributed by atoms with Crippen molar-refractivity contribution >= 4 is 39.3 Å². The lowest BCUT2D eigenvalue weighted by Crippen LogP contribution is -2.15. The number of carboxylic acid groups (broad SMARTS) is 1. The van der Waals surface area contributed by atoms with Crippen LogP contribution in [0.3, 0.4) is 0 Å². The summed E-state index contributed by atoms with van der Waals surface area (Å²) in [4.78, 5) is 22.0. The van der Waals surface area contributed by atoms with Crippen molar-refractivity contribution < 1.29 is 19.8 Å². The number of carboxylic acids is 1. The summed E-state index contributed by atoms with van der Waals surface area (Å²) in [5.74, 6) is -1.68. The molecular formula is C11H10BrClO4. The number of rotatable bonds is 4. The molecule has 17 heavy (non-hydrogen) atoms. The van der Waals surface area contributed by atoms with Crippen molar-refractivity contribution in [1.29, 1.82) is 0 Å². The molecule has 0 spiro atoms. The Kier molecular flexibility index (Phi) is 4.68. The monoisotopic (exact) mass is 320 g/mol. The largest absolute Gasteiger partial charge is 0.479 e. The van der Waals surface area contributed by atoms with Crippen LogP contribution in [0.15, 0.2) is 18.2 Å². The summed E-state index contributed by atoms with van der Waals surface area (Å²) < 4.78 is 0. The molecule has 0 aliphatic carbocycles. The Morgan fingerprint density at radius 3 is 2.47 bits per heavy atom. The van der Waals surface area contributed by atoms with Crippen molar-refractivity contribution in [1.82, 2.24) is 0 Å². The zero-order chi connectivity index (χ0) is 13.2. The molecule has 4 nitrogen and oxygen atoms in total. The molecule has 1 aromatic rings. The summed E-state index contributed by atoms with van der Waals surface area (Å²) in [5, 5.41) is 18.1. The Morgan fingerprint density at radius 1 is 1.41 bits per heavy atom. The summed E-state index contributed by atoms with van der Waals surface area (Å²) in [6.45, 7) is 1.64. The van der Waals surface area contributed by atoms with Crippen molar-refractivity contribution in [2.75, 3.05) is 0 Å². The van der Waals surface area contributed by atoms with E-state index in [2.05, 4.69) is 15.9 Å². The molecule has 1 aromatic carbocycles. The average molecular weight is 322 g/mol. The molecule has 2 N–H and O–H groups in total. The zero-order valence-corrected chi connectivity index (χ0v) is 11.2. The Balaban J connectivity index is 3.25. The molecule has 0 radical (unpaired) electrons. The number of aliphatic hydroxyl groups excluding tert-OH is 1. The number of hydrogen-bond acceptors (Lipinski definition) is 3. The Bertz CT molecular complexity index is 459. The van der Waals surface area contributed by atoms with E-state index < -0.39 is 16.9 Å². The number of hydrogen-bond donors (Lipinski definition) is 2. The lowest BCUT2D eigenvalue weighted by atomic mass is 10.0. The van der Waals surface area contributed by atoms with Gasteiger partial charge in [0.1, 0.15) is 0 Å². The lowest BCUT2D eigenvalue weighted by molar-refractivity contribution is -0.146. The topological polar surface area (TPSA) is 74.6 Å². The van der Waals surface area contributed by atoms with Gasteiger partial charge >= 0.3 is 5.97 Å². The third kappa shape index (κ3) is 3.06. The first-order valence-electron chi connectivity index (χ1n) is 4.73. The van der Waals surface area contributed by atoms with Crippen molar-refractivity contribution in [3.05, 3.63) is 34.3 Å².